The number of benzene rings is 1. The summed E-state index contributed by atoms with van der Waals surface area (Å²) in [6.07, 6.45) is 10.4. The summed E-state index contributed by atoms with van der Waals surface area (Å²) in [4.78, 5) is 13.1. The Labute approximate surface area is 204 Å². The van der Waals surface area contributed by atoms with Crippen LogP contribution in [0.1, 0.15) is 42.5 Å². The lowest BCUT2D eigenvalue weighted by atomic mass is 9.93. The Kier molecular flexibility index (Phi) is 7.45. The van der Waals surface area contributed by atoms with Crippen LogP contribution in [-0.2, 0) is 10.0 Å². The number of pyridine rings is 1. The van der Waals surface area contributed by atoms with Gasteiger partial charge in [-0.25, -0.2) is 23.4 Å². The summed E-state index contributed by atoms with van der Waals surface area (Å²) in [6.45, 7) is 1.80. The second-order valence-corrected chi connectivity index (χ2v) is 10.3. The summed E-state index contributed by atoms with van der Waals surface area (Å²) in [6, 6.07) is 9.92. The highest BCUT2D eigenvalue weighted by Gasteiger charge is 2.20. The van der Waals surface area contributed by atoms with Gasteiger partial charge in [0.1, 0.15) is 10.7 Å². The molecule has 1 fully saturated rings. The Hall–Kier alpha value is -3.01. The molecule has 3 aromatic rings. The summed E-state index contributed by atoms with van der Waals surface area (Å²) in [5.74, 6) is 0.787. The molecule has 0 bridgehead atoms. The largest absolute Gasteiger partial charge is 0.393 e. The van der Waals surface area contributed by atoms with Crippen molar-refractivity contribution in [3.8, 4) is 0 Å². The van der Waals surface area contributed by atoms with Crippen LogP contribution in [0.3, 0.4) is 0 Å². The quantitative estimate of drug-likeness (QED) is 0.437. The lowest BCUT2D eigenvalue weighted by Crippen LogP contribution is -2.28. The molecule has 34 heavy (non-hydrogen) atoms. The van der Waals surface area contributed by atoms with E-state index in [0.29, 0.717) is 11.6 Å². The number of hydrogen-bond acceptors (Lipinski definition) is 7. The molecule has 2 heterocycles. The van der Waals surface area contributed by atoms with Gasteiger partial charge >= 0.3 is 0 Å². The maximum Gasteiger partial charge on any atom is 0.264 e. The minimum Gasteiger partial charge on any atom is -0.393 e. The van der Waals surface area contributed by atoms with Gasteiger partial charge in [-0.15, -0.1) is 0 Å². The highest BCUT2D eigenvalue weighted by atomic mass is 35.5. The lowest BCUT2D eigenvalue weighted by Gasteiger charge is -2.26. The molecule has 178 valence electrons. The van der Waals surface area contributed by atoms with Crippen LogP contribution < -0.4 is 10.0 Å². The van der Waals surface area contributed by atoms with Crippen molar-refractivity contribution < 1.29 is 13.5 Å². The SMILES string of the molecule is Cc1nc(NS(=O)(=O)c2ccccc2Cl)ccc1/C=C/c1cnc(NC2CCC(O)CC2)nc1. The zero-order valence-electron chi connectivity index (χ0n) is 18.6. The van der Waals surface area contributed by atoms with E-state index in [-0.39, 0.29) is 27.9 Å². The Morgan fingerprint density at radius 3 is 2.41 bits per heavy atom. The van der Waals surface area contributed by atoms with Crippen molar-refractivity contribution in [3.05, 3.63) is 70.6 Å². The first kappa shape index (κ1) is 24.1. The molecule has 1 aliphatic carbocycles. The first-order chi connectivity index (χ1) is 16.3. The van der Waals surface area contributed by atoms with Gasteiger partial charge < -0.3 is 10.4 Å². The maximum absolute atomic E-state index is 12.6. The summed E-state index contributed by atoms with van der Waals surface area (Å²) in [5, 5.41) is 13.1. The fraction of sp³-hybridized carbons (Fsp3) is 0.292. The fourth-order valence-electron chi connectivity index (χ4n) is 3.75. The Morgan fingerprint density at radius 1 is 1.03 bits per heavy atom. The van der Waals surface area contributed by atoms with Gasteiger partial charge in [0, 0.05) is 29.7 Å². The predicted molar refractivity (Wildman–Crippen MR) is 134 cm³/mol. The summed E-state index contributed by atoms with van der Waals surface area (Å²) >= 11 is 6.02. The van der Waals surface area contributed by atoms with Crippen LogP contribution in [0.15, 0.2) is 53.7 Å². The molecule has 0 amide bonds. The molecule has 2 aromatic heterocycles. The third-order valence-corrected chi connectivity index (χ3v) is 7.50. The van der Waals surface area contributed by atoms with Gasteiger partial charge in [-0.05, 0) is 62.4 Å². The number of aryl methyl sites for hydroxylation is 1. The molecule has 0 aliphatic heterocycles. The normalized spacial score (nSPS) is 18.7. The van der Waals surface area contributed by atoms with Crippen LogP contribution in [-0.4, -0.2) is 40.6 Å². The summed E-state index contributed by atoms with van der Waals surface area (Å²) in [5.41, 5.74) is 2.32. The van der Waals surface area contributed by atoms with Gasteiger partial charge in [-0.2, -0.15) is 0 Å². The van der Waals surface area contributed by atoms with Crippen molar-refractivity contribution in [1.82, 2.24) is 15.0 Å². The fourth-order valence-corrected chi connectivity index (χ4v) is 5.27. The summed E-state index contributed by atoms with van der Waals surface area (Å²) in [7, 11) is -3.84. The highest BCUT2D eigenvalue weighted by Crippen LogP contribution is 2.24. The number of hydrogen-bond donors (Lipinski definition) is 3. The van der Waals surface area contributed by atoms with Crippen molar-refractivity contribution >= 4 is 45.5 Å². The number of anilines is 2. The van der Waals surface area contributed by atoms with E-state index in [4.69, 9.17) is 11.6 Å². The van der Waals surface area contributed by atoms with Crippen LogP contribution in [0.4, 0.5) is 11.8 Å². The van der Waals surface area contributed by atoms with Gasteiger partial charge in [0.2, 0.25) is 5.95 Å². The first-order valence-electron chi connectivity index (χ1n) is 11.0. The number of aliphatic hydroxyl groups is 1. The first-order valence-corrected chi connectivity index (χ1v) is 12.9. The minimum absolute atomic E-state index is 0.000827. The number of nitrogens with zero attached hydrogens (tertiary/aromatic N) is 3. The number of sulfonamides is 1. The monoisotopic (exact) mass is 499 g/mol. The molecule has 1 aliphatic rings. The van der Waals surface area contributed by atoms with Gasteiger partial charge in [-0.1, -0.05) is 35.9 Å². The van der Waals surface area contributed by atoms with Gasteiger partial charge in [0.05, 0.1) is 11.1 Å². The van der Waals surface area contributed by atoms with Crippen molar-refractivity contribution in [1.29, 1.82) is 0 Å². The van der Waals surface area contributed by atoms with Crippen molar-refractivity contribution in [2.45, 2.75) is 49.6 Å². The maximum atomic E-state index is 12.6. The smallest absolute Gasteiger partial charge is 0.264 e. The Bertz CT molecular complexity index is 1270. The molecule has 8 nitrogen and oxygen atoms in total. The average molecular weight is 500 g/mol. The number of rotatable bonds is 7. The van der Waals surface area contributed by atoms with Crippen LogP contribution in [0, 0.1) is 6.92 Å². The van der Waals surface area contributed by atoms with E-state index >= 15 is 0 Å². The topological polar surface area (TPSA) is 117 Å². The van der Waals surface area contributed by atoms with Crippen molar-refractivity contribution in [2.75, 3.05) is 10.0 Å². The summed E-state index contributed by atoms with van der Waals surface area (Å²) < 4.78 is 27.7. The molecule has 3 N–H and O–H groups in total. The molecular formula is C24H26ClN5O3S. The van der Waals surface area contributed by atoms with Gasteiger partial charge in [0.25, 0.3) is 10.0 Å². The van der Waals surface area contributed by atoms with Gasteiger partial charge in [0.15, 0.2) is 0 Å². The molecule has 0 spiro atoms. The zero-order valence-corrected chi connectivity index (χ0v) is 20.2. The Balaban J connectivity index is 1.39. The number of halogens is 1. The van der Waals surface area contributed by atoms with Crippen LogP contribution in [0.2, 0.25) is 5.02 Å². The van der Waals surface area contributed by atoms with E-state index in [9.17, 15) is 13.5 Å². The number of aromatic nitrogens is 3. The molecule has 1 aromatic carbocycles. The highest BCUT2D eigenvalue weighted by molar-refractivity contribution is 7.92. The molecule has 0 unspecified atom stereocenters. The third-order valence-electron chi connectivity index (χ3n) is 5.65. The van der Waals surface area contributed by atoms with Crippen LogP contribution in [0.25, 0.3) is 12.2 Å². The molecule has 0 radical (unpaired) electrons. The van der Waals surface area contributed by atoms with Gasteiger partial charge in [-0.3, -0.25) is 4.72 Å². The molecule has 4 rings (SSSR count). The van der Waals surface area contributed by atoms with Crippen molar-refractivity contribution in [2.24, 2.45) is 0 Å². The van der Waals surface area contributed by atoms with E-state index in [1.165, 1.54) is 12.1 Å². The molecular weight excluding hydrogens is 474 g/mol. The van der Waals surface area contributed by atoms with Crippen LogP contribution in [0.5, 0.6) is 0 Å². The second-order valence-electron chi connectivity index (χ2n) is 8.23. The van der Waals surface area contributed by atoms with Crippen LogP contribution >= 0.6 is 11.6 Å². The lowest BCUT2D eigenvalue weighted by molar-refractivity contribution is 0.126. The number of aliphatic hydroxyl groups excluding tert-OH is 1. The number of nitrogens with one attached hydrogen (secondary N) is 2. The Morgan fingerprint density at radius 2 is 1.74 bits per heavy atom. The molecule has 0 saturated heterocycles. The predicted octanol–water partition coefficient (Wildman–Crippen LogP) is 4.52. The average Bonchev–Trinajstić information content (AvgIpc) is 2.81. The third kappa shape index (κ3) is 6.11. The second kappa shape index (κ2) is 10.5. The van der Waals surface area contributed by atoms with E-state index in [0.717, 1.165) is 36.8 Å². The molecule has 10 heteroatoms. The standard InChI is InChI=1S/C24H26ClN5O3S/c1-16-18(8-13-23(28-16)30-34(32,33)22-5-3-2-4-21(22)25)7-6-17-14-26-24(27-15-17)29-19-9-11-20(31)12-10-19/h2-8,13-15,19-20,31H,9-12H2,1H3,(H,28,30)(H,26,27,29)/b7-6+. The van der Waals surface area contributed by atoms with E-state index in [2.05, 4.69) is 25.0 Å². The van der Waals surface area contributed by atoms with E-state index in [1.807, 2.05) is 12.2 Å². The minimum atomic E-state index is -3.84. The van der Waals surface area contributed by atoms with Crippen molar-refractivity contribution in [3.63, 3.8) is 0 Å². The molecule has 1 saturated carbocycles. The van der Waals surface area contributed by atoms with E-state index in [1.54, 1.807) is 43.6 Å². The van der Waals surface area contributed by atoms with E-state index < -0.39 is 10.0 Å². The zero-order chi connectivity index (χ0) is 24.1. The molecule has 0 atom stereocenters.